The number of nitrogens with zero attached hydrogens (tertiary/aromatic N) is 1. The molecule has 0 aliphatic heterocycles. The number of hydrogen-bond donors (Lipinski definition) is 0. The molecule has 13 heavy (non-hydrogen) atoms. The second kappa shape index (κ2) is 4.74. The van der Waals surface area contributed by atoms with Crippen molar-refractivity contribution in [1.82, 2.24) is 0 Å². The van der Waals surface area contributed by atoms with Gasteiger partial charge in [0.1, 0.15) is 10.1 Å². The Hall–Kier alpha value is -0.380. The maximum Gasteiger partial charge on any atom is 1.00 e. The van der Waals surface area contributed by atoms with Crippen LogP contribution in [0.3, 0.4) is 0 Å². The van der Waals surface area contributed by atoms with Crippen LogP contribution in [0.15, 0.2) is 29.2 Å². The van der Waals surface area contributed by atoms with Crippen LogP contribution in [0, 0.1) is 6.57 Å². The van der Waals surface area contributed by atoms with Crippen LogP contribution in [0.1, 0.15) is 0 Å². The van der Waals surface area contributed by atoms with Crippen molar-refractivity contribution in [3.05, 3.63) is 35.7 Å². The van der Waals surface area contributed by atoms with Crippen molar-refractivity contribution >= 4 is 15.8 Å². The zero-order chi connectivity index (χ0) is 9.19. The molecular formula is C7H4NNaO3S. The zero-order valence-corrected chi connectivity index (χ0v) is 9.71. The Balaban J connectivity index is 0.00000144. The molecule has 0 bridgehead atoms. The molecule has 1 aromatic rings. The van der Waals surface area contributed by atoms with Crippen LogP contribution in [0.5, 0.6) is 0 Å². The number of rotatable bonds is 1. The summed E-state index contributed by atoms with van der Waals surface area (Å²) in [6, 6.07) is 4.82. The SMILES string of the molecule is [C-]#[N+]c1ccc(S(=O)(=O)[O-])cc1.[Na+]. The van der Waals surface area contributed by atoms with E-state index in [9.17, 15) is 13.0 Å². The maximum atomic E-state index is 10.4. The van der Waals surface area contributed by atoms with Crippen LogP contribution in [-0.2, 0) is 10.1 Å². The van der Waals surface area contributed by atoms with E-state index < -0.39 is 10.1 Å². The van der Waals surface area contributed by atoms with Gasteiger partial charge in [0, 0.05) is 0 Å². The van der Waals surface area contributed by atoms with Gasteiger partial charge in [0.25, 0.3) is 0 Å². The molecule has 0 spiro atoms. The van der Waals surface area contributed by atoms with Crippen LogP contribution in [0.4, 0.5) is 5.69 Å². The third-order valence-electron chi connectivity index (χ3n) is 1.25. The van der Waals surface area contributed by atoms with Crippen LogP contribution >= 0.6 is 0 Å². The summed E-state index contributed by atoms with van der Waals surface area (Å²) in [5.74, 6) is 0. The molecule has 0 saturated heterocycles. The number of benzene rings is 1. The third kappa shape index (κ3) is 3.46. The van der Waals surface area contributed by atoms with Crippen molar-refractivity contribution in [2.75, 3.05) is 0 Å². The topological polar surface area (TPSA) is 61.6 Å². The standard InChI is InChI=1S/C7H5NO3S.Na/c1-8-6-2-4-7(5-3-6)12(9,10)11;/h2-5H,(H,9,10,11);/q;+1/p-1. The number of hydrogen-bond acceptors (Lipinski definition) is 3. The van der Waals surface area contributed by atoms with Gasteiger partial charge in [-0.05, 0) is 0 Å². The summed E-state index contributed by atoms with van der Waals surface area (Å²) < 4.78 is 31.2. The van der Waals surface area contributed by atoms with Crippen molar-refractivity contribution in [1.29, 1.82) is 0 Å². The van der Waals surface area contributed by atoms with Gasteiger partial charge in [-0.15, -0.1) is 0 Å². The first-order valence-electron chi connectivity index (χ1n) is 2.97. The molecule has 0 N–H and O–H groups in total. The molecule has 1 aromatic carbocycles. The molecule has 0 aromatic heterocycles. The largest absolute Gasteiger partial charge is 1.00 e. The molecule has 0 radical (unpaired) electrons. The van der Waals surface area contributed by atoms with Gasteiger partial charge in [-0.3, -0.25) is 0 Å². The molecule has 6 heteroatoms. The van der Waals surface area contributed by atoms with E-state index in [0.29, 0.717) is 5.69 Å². The summed E-state index contributed by atoms with van der Waals surface area (Å²) in [7, 11) is -4.38. The van der Waals surface area contributed by atoms with Crippen molar-refractivity contribution in [3.63, 3.8) is 0 Å². The Morgan fingerprint density at radius 2 is 1.69 bits per heavy atom. The maximum absolute atomic E-state index is 10.4. The van der Waals surface area contributed by atoms with Gasteiger partial charge in [0.15, 0.2) is 5.69 Å². The van der Waals surface area contributed by atoms with Crippen LogP contribution in [0.2, 0.25) is 0 Å². The van der Waals surface area contributed by atoms with E-state index in [4.69, 9.17) is 6.57 Å². The predicted octanol–water partition coefficient (Wildman–Crippen LogP) is -1.85. The first-order chi connectivity index (χ1) is 5.54. The van der Waals surface area contributed by atoms with Gasteiger partial charge in [-0.1, -0.05) is 24.3 Å². The van der Waals surface area contributed by atoms with Gasteiger partial charge >= 0.3 is 29.6 Å². The minimum atomic E-state index is -4.38. The smallest absolute Gasteiger partial charge is 0.744 e. The van der Waals surface area contributed by atoms with Crippen LogP contribution < -0.4 is 29.6 Å². The first kappa shape index (κ1) is 12.6. The molecule has 0 amide bonds. The molecule has 1 rings (SSSR count). The van der Waals surface area contributed by atoms with Crippen molar-refractivity contribution in [2.24, 2.45) is 0 Å². The minimum Gasteiger partial charge on any atom is -0.744 e. The fourth-order valence-electron chi connectivity index (χ4n) is 0.687. The molecule has 0 saturated carbocycles. The first-order valence-corrected chi connectivity index (χ1v) is 4.38. The molecule has 62 valence electrons. The van der Waals surface area contributed by atoms with Crippen LogP contribution in [0.25, 0.3) is 4.85 Å². The summed E-state index contributed by atoms with van der Waals surface area (Å²) in [5, 5.41) is 0. The quantitative estimate of drug-likeness (QED) is 0.307. The molecule has 0 heterocycles. The van der Waals surface area contributed by atoms with E-state index in [2.05, 4.69) is 4.85 Å². The van der Waals surface area contributed by atoms with Crippen molar-refractivity contribution in [2.45, 2.75) is 4.90 Å². The fourth-order valence-corrected chi connectivity index (χ4v) is 1.16. The summed E-state index contributed by atoms with van der Waals surface area (Å²) in [6.45, 7) is 6.57. The van der Waals surface area contributed by atoms with E-state index in [1.54, 1.807) is 0 Å². The molecule has 0 aliphatic rings. The fraction of sp³-hybridized carbons (Fsp3) is 0. The van der Waals surface area contributed by atoms with E-state index >= 15 is 0 Å². The van der Waals surface area contributed by atoms with E-state index in [1.807, 2.05) is 0 Å². The third-order valence-corrected chi connectivity index (χ3v) is 2.10. The van der Waals surface area contributed by atoms with E-state index in [1.165, 1.54) is 12.1 Å². The molecule has 4 nitrogen and oxygen atoms in total. The molecular weight excluding hydrogens is 201 g/mol. The summed E-state index contributed by atoms with van der Waals surface area (Å²) in [6.07, 6.45) is 0. The normalized spacial score (nSPS) is 9.85. The molecule has 0 unspecified atom stereocenters. The van der Waals surface area contributed by atoms with Gasteiger partial charge in [0.05, 0.1) is 11.5 Å². The Morgan fingerprint density at radius 3 is 2.00 bits per heavy atom. The summed E-state index contributed by atoms with van der Waals surface area (Å²) in [5.41, 5.74) is 0.308. The molecule has 0 fully saturated rings. The van der Waals surface area contributed by atoms with Gasteiger partial charge < -0.3 is 4.55 Å². The van der Waals surface area contributed by atoms with Gasteiger partial charge in [0.2, 0.25) is 0 Å². The molecule has 0 aliphatic carbocycles. The van der Waals surface area contributed by atoms with Crippen LogP contribution in [-0.4, -0.2) is 13.0 Å². The van der Waals surface area contributed by atoms with Crippen molar-refractivity contribution < 1.29 is 42.5 Å². The Bertz CT molecular complexity index is 418. The zero-order valence-electron chi connectivity index (χ0n) is 6.89. The predicted molar refractivity (Wildman–Crippen MR) is 40.7 cm³/mol. The van der Waals surface area contributed by atoms with Gasteiger partial charge in [-0.2, -0.15) is 0 Å². The average Bonchev–Trinajstić information content (AvgIpc) is 2.03. The summed E-state index contributed by atoms with van der Waals surface area (Å²) in [4.78, 5) is 2.74. The second-order valence-corrected chi connectivity index (χ2v) is 3.44. The second-order valence-electron chi connectivity index (χ2n) is 2.06. The Morgan fingerprint density at radius 1 is 1.23 bits per heavy atom. The Kier molecular flexibility index (Phi) is 4.61. The van der Waals surface area contributed by atoms with Crippen molar-refractivity contribution in [3.8, 4) is 0 Å². The van der Waals surface area contributed by atoms with E-state index in [0.717, 1.165) is 12.1 Å². The molecule has 0 atom stereocenters. The Labute approximate surface area is 98.4 Å². The minimum absolute atomic E-state index is 0. The summed E-state index contributed by atoms with van der Waals surface area (Å²) >= 11 is 0. The van der Waals surface area contributed by atoms with E-state index in [-0.39, 0.29) is 34.5 Å². The van der Waals surface area contributed by atoms with Gasteiger partial charge in [-0.25, -0.2) is 13.3 Å². The average molecular weight is 205 g/mol. The monoisotopic (exact) mass is 205 g/mol.